The van der Waals surface area contributed by atoms with E-state index in [1.54, 1.807) is 5.38 Å². The number of carbonyl (C=O) groups excluding carboxylic acids is 1. The van der Waals surface area contributed by atoms with Crippen LogP contribution in [0.5, 0.6) is 0 Å². The molecule has 0 unspecified atom stereocenters. The van der Waals surface area contributed by atoms with Gasteiger partial charge in [-0.25, -0.2) is 4.98 Å². The summed E-state index contributed by atoms with van der Waals surface area (Å²) in [6, 6.07) is 0. The number of halogens is 1. The Kier molecular flexibility index (Phi) is 3.43. The largest absolute Gasteiger partial charge is 0.360 e. The first kappa shape index (κ1) is 10.7. The van der Waals surface area contributed by atoms with Crippen molar-refractivity contribution in [1.82, 2.24) is 10.3 Å². The summed E-state index contributed by atoms with van der Waals surface area (Å²) in [6.45, 7) is 1.31. The first-order valence-electron chi connectivity index (χ1n) is 4.88. The lowest BCUT2D eigenvalue weighted by Crippen LogP contribution is -2.29. The Bertz CT molecular complexity index is 351. The highest BCUT2D eigenvalue weighted by Gasteiger charge is 2.28. The highest BCUT2D eigenvalue weighted by Crippen LogP contribution is 2.28. The predicted molar refractivity (Wildman–Crippen MR) is 61.3 cm³/mol. The van der Waals surface area contributed by atoms with Gasteiger partial charge in [0.25, 0.3) is 0 Å². The maximum atomic E-state index is 11.2. The molecule has 0 aliphatic heterocycles. The van der Waals surface area contributed by atoms with Crippen molar-refractivity contribution in [2.45, 2.75) is 12.8 Å². The molecule has 4 nitrogen and oxygen atoms in total. The van der Waals surface area contributed by atoms with E-state index in [-0.39, 0.29) is 11.8 Å². The van der Waals surface area contributed by atoms with Crippen molar-refractivity contribution in [3.05, 3.63) is 10.5 Å². The predicted octanol–water partition coefficient (Wildman–Crippen LogP) is 1.73. The van der Waals surface area contributed by atoms with Crippen LogP contribution < -0.4 is 10.6 Å². The molecule has 1 aromatic rings. The van der Waals surface area contributed by atoms with Gasteiger partial charge in [-0.1, -0.05) is 11.6 Å². The van der Waals surface area contributed by atoms with Gasteiger partial charge in [-0.15, -0.1) is 11.3 Å². The van der Waals surface area contributed by atoms with Crippen LogP contribution in [0.15, 0.2) is 5.38 Å². The average Bonchev–Trinajstić information content (AvgIpc) is 2.98. The van der Waals surface area contributed by atoms with Crippen LogP contribution in [0.1, 0.15) is 12.8 Å². The van der Waals surface area contributed by atoms with E-state index in [1.165, 1.54) is 11.3 Å². The molecule has 1 amide bonds. The monoisotopic (exact) mass is 245 g/mol. The number of anilines is 1. The van der Waals surface area contributed by atoms with Crippen LogP contribution in [0.4, 0.5) is 5.13 Å². The van der Waals surface area contributed by atoms with Gasteiger partial charge < -0.3 is 10.6 Å². The molecule has 0 spiro atoms. The summed E-state index contributed by atoms with van der Waals surface area (Å²) >= 11 is 7.12. The Morgan fingerprint density at radius 3 is 3.00 bits per heavy atom. The number of thiazole rings is 1. The van der Waals surface area contributed by atoms with E-state index < -0.39 is 0 Å². The molecular formula is C9H12ClN3OS. The molecule has 0 atom stereocenters. The quantitative estimate of drug-likeness (QED) is 0.777. The number of rotatable bonds is 5. The van der Waals surface area contributed by atoms with Crippen molar-refractivity contribution < 1.29 is 4.79 Å². The molecular weight excluding hydrogens is 234 g/mol. The molecule has 1 aromatic heterocycles. The fourth-order valence-electron chi connectivity index (χ4n) is 1.18. The molecule has 2 N–H and O–H groups in total. The van der Waals surface area contributed by atoms with Crippen LogP contribution in [0.2, 0.25) is 5.15 Å². The lowest BCUT2D eigenvalue weighted by Gasteiger charge is -2.04. The van der Waals surface area contributed by atoms with Gasteiger partial charge in [-0.3, -0.25) is 4.79 Å². The summed E-state index contributed by atoms with van der Waals surface area (Å²) in [4.78, 5) is 15.3. The van der Waals surface area contributed by atoms with Gasteiger partial charge in [0.1, 0.15) is 5.15 Å². The van der Waals surface area contributed by atoms with E-state index in [0.717, 1.165) is 18.0 Å². The smallest absolute Gasteiger partial charge is 0.223 e. The van der Waals surface area contributed by atoms with Gasteiger partial charge in [-0.05, 0) is 12.8 Å². The van der Waals surface area contributed by atoms with Gasteiger partial charge in [0, 0.05) is 24.4 Å². The van der Waals surface area contributed by atoms with Gasteiger partial charge in [0.15, 0.2) is 5.13 Å². The zero-order valence-electron chi connectivity index (χ0n) is 8.12. The van der Waals surface area contributed by atoms with Crippen LogP contribution in [-0.2, 0) is 4.79 Å². The topological polar surface area (TPSA) is 54.0 Å². The molecule has 0 radical (unpaired) electrons. The number of amides is 1. The minimum absolute atomic E-state index is 0.175. The molecule has 0 bridgehead atoms. The normalized spacial score (nSPS) is 15.0. The first-order chi connectivity index (χ1) is 7.25. The second kappa shape index (κ2) is 4.81. The summed E-state index contributed by atoms with van der Waals surface area (Å²) in [5.41, 5.74) is 0. The second-order valence-corrected chi connectivity index (χ2v) is 4.71. The molecule has 1 aliphatic carbocycles. The van der Waals surface area contributed by atoms with E-state index in [2.05, 4.69) is 15.6 Å². The van der Waals surface area contributed by atoms with Crippen LogP contribution in [0.3, 0.4) is 0 Å². The molecule has 0 aromatic carbocycles. The van der Waals surface area contributed by atoms with Gasteiger partial charge >= 0.3 is 0 Å². The van der Waals surface area contributed by atoms with Crippen LogP contribution >= 0.6 is 22.9 Å². The fourth-order valence-corrected chi connectivity index (χ4v) is 2.05. The molecule has 1 fully saturated rings. The molecule has 2 rings (SSSR count). The average molecular weight is 246 g/mol. The number of hydrogen-bond donors (Lipinski definition) is 2. The Morgan fingerprint density at radius 2 is 2.40 bits per heavy atom. The Morgan fingerprint density at radius 1 is 1.60 bits per heavy atom. The molecule has 6 heteroatoms. The molecule has 1 aliphatic rings. The standard InChI is InChI=1S/C9H12ClN3OS/c10-7-5-15-9(13-7)12-4-3-11-8(14)6-1-2-6/h5-6H,1-4H2,(H,11,14)(H,12,13). The van der Waals surface area contributed by atoms with Crippen molar-refractivity contribution >= 4 is 34.0 Å². The Labute approximate surface area is 97.0 Å². The molecule has 15 heavy (non-hydrogen) atoms. The van der Waals surface area contributed by atoms with Crippen molar-refractivity contribution in [3.63, 3.8) is 0 Å². The van der Waals surface area contributed by atoms with E-state index in [1.807, 2.05) is 0 Å². The number of carbonyl (C=O) groups is 1. The third-order valence-corrected chi connectivity index (χ3v) is 3.25. The zero-order chi connectivity index (χ0) is 10.7. The molecule has 1 saturated carbocycles. The summed E-state index contributed by atoms with van der Waals surface area (Å²) < 4.78 is 0. The summed E-state index contributed by atoms with van der Waals surface area (Å²) in [5, 5.41) is 9.02. The Hall–Kier alpha value is -0.810. The number of hydrogen-bond acceptors (Lipinski definition) is 4. The lowest BCUT2D eigenvalue weighted by atomic mass is 10.4. The van der Waals surface area contributed by atoms with E-state index in [9.17, 15) is 4.79 Å². The van der Waals surface area contributed by atoms with E-state index in [4.69, 9.17) is 11.6 Å². The maximum absolute atomic E-state index is 11.2. The van der Waals surface area contributed by atoms with Crippen LogP contribution in [0, 0.1) is 5.92 Å². The minimum atomic E-state index is 0.175. The van der Waals surface area contributed by atoms with Gasteiger partial charge in [-0.2, -0.15) is 0 Å². The van der Waals surface area contributed by atoms with E-state index in [0.29, 0.717) is 18.2 Å². The molecule has 82 valence electrons. The first-order valence-corrected chi connectivity index (χ1v) is 6.14. The maximum Gasteiger partial charge on any atom is 0.223 e. The Balaban J connectivity index is 1.60. The fraction of sp³-hybridized carbons (Fsp3) is 0.556. The van der Waals surface area contributed by atoms with Crippen molar-refractivity contribution in [1.29, 1.82) is 0 Å². The van der Waals surface area contributed by atoms with Gasteiger partial charge in [0.05, 0.1) is 0 Å². The number of nitrogens with one attached hydrogen (secondary N) is 2. The SMILES string of the molecule is O=C(NCCNc1nc(Cl)cs1)C1CC1. The summed E-state index contributed by atoms with van der Waals surface area (Å²) in [7, 11) is 0. The lowest BCUT2D eigenvalue weighted by molar-refractivity contribution is -0.122. The zero-order valence-corrected chi connectivity index (χ0v) is 9.70. The molecule has 0 saturated heterocycles. The third-order valence-electron chi connectivity index (χ3n) is 2.12. The molecule has 1 heterocycles. The summed E-state index contributed by atoms with van der Waals surface area (Å²) in [5.74, 6) is 0.452. The third kappa shape index (κ3) is 3.35. The van der Waals surface area contributed by atoms with Crippen molar-refractivity contribution in [2.75, 3.05) is 18.4 Å². The second-order valence-electron chi connectivity index (χ2n) is 3.47. The highest BCUT2D eigenvalue weighted by atomic mass is 35.5. The van der Waals surface area contributed by atoms with Crippen LogP contribution in [0.25, 0.3) is 0 Å². The highest BCUT2D eigenvalue weighted by molar-refractivity contribution is 7.14. The van der Waals surface area contributed by atoms with Crippen molar-refractivity contribution in [2.24, 2.45) is 5.92 Å². The minimum Gasteiger partial charge on any atom is -0.360 e. The number of nitrogens with zero attached hydrogens (tertiary/aromatic N) is 1. The summed E-state index contributed by atoms with van der Waals surface area (Å²) in [6.07, 6.45) is 2.09. The van der Waals surface area contributed by atoms with Crippen LogP contribution in [-0.4, -0.2) is 24.0 Å². The van der Waals surface area contributed by atoms with E-state index >= 15 is 0 Å². The van der Waals surface area contributed by atoms with Gasteiger partial charge in [0.2, 0.25) is 5.91 Å². The number of aromatic nitrogens is 1. The van der Waals surface area contributed by atoms with Crippen molar-refractivity contribution in [3.8, 4) is 0 Å².